The molecule has 2 aliphatic rings. The van der Waals surface area contributed by atoms with Crippen molar-refractivity contribution >= 4 is 35.6 Å². The molecule has 24 heavy (non-hydrogen) atoms. The van der Waals surface area contributed by atoms with Gasteiger partial charge < -0.3 is 15.5 Å². The minimum absolute atomic E-state index is 0. The number of rotatable bonds is 5. The van der Waals surface area contributed by atoms with Crippen molar-refractivity contribution in [3.05, 3.63) is 30.3 Å². The van der Waals surface area contributed by atoms with Gasteiger partial charge in [0.25, 0.3) is 0 Å². The van der Waals surface area contributed by atoms with Gasteiger partial charge in [-0.25, -0.2) is 0 Å². The van der Waals surface area contributed by atoms with Gasteiger partial charge >= 0.3 is 0 Å². The lowest BCUT2D eigenvalue weighted by Crippen LogP contribution is -2.49. The van der Waals surface area contributed by atoms with E-state index in [9.17, 15) is 0 Å². The number of nitrogens with one attached hydrogen (secondary N) is 2. The highest BCUT2D eigenvalue weighted by Crippen LogP contribution is 2.34. The average molecular weight is 442 g/mol. The van der Waals surface area contributed by atoms with Gasteiger partial charge in [-0.05, 0) is 43.7 Å². The molecule has 1 aliphatic heterocycles. The number of para-hydroxylation sites is 1. The number of anilines is 1. The fourth-order valence-corrected chi connectivity index (χ4v) is 3.57. The van der Waals surface area contributed by atoms with Crippen LogP contribution < -0.4 is 15.5 Å². The van der Waals surface area contributed by atoms with E-state index in [1.165, 1.54) is 37.8 Å². The number of hydrogen-bond acceptors (Lipinski definition) is 2. The molecule has 0 aromatic heterocycles. The molecule has 0 bridgehead atoms. The molecule has 0 spiro atoms. The number of piperidine rings is 1. The third-order valence-corrected chi connectivity index (χ3v) is 5.08. The van der Waals surface area contributed by atoms with E-state index in [1.54, 1.807) is 0 Å². The van der Waals surface area contributed by atoms with Crippen LogP contribution in [0.4, 0.5) is 5.69 Å². The van der Waals surface area contributed by atoms with Crippen molar-refractivity contribution in [2.75, 3.05) is 25.0 Å². The molecule has 1 aliphatic carbocycles. The minimum atomic E-state index is 0. The second kappa shape index (κ2) is 9.49. The predicted octanol–water partition coefficient (Wildman–Crippen LogP) is 3.63. The molecule has 4 nitrogen and oxygen atoms in total. The largest absolute Gasteiger partial charge is 0.371 e. The quantitative estimate of drug-likeness (QED) is 0.416. The first-order chi connectivity index (χ1) is 11.3. The highest BCUT2D eigenvalue weighted by molar-refractivity contribution is 14.0. The van der Waals surface area contributed by atoms with Crippen LogP contribution in [0.2, 0.25) is 0 Å². The van der Waals surface area contributed by atoms with Gasteiger partial charge in [0, 0.05) is 37.9 Å². The van der Waals surface area contributed by atoms with Crippen molar-refractivity contribution in [2.45, 2.75) is 51.1 Å². The van der Waals surface area contributed by atoms with E-state index >= 15 is 0 Å². The lowest BCUT2D eigenvalue weighted by atomic mass is 10.0. The van der Waals surface area contributed by atoms with Crippen LogP contribution >= 0.6 is 24.0 Å². The fraction of sp³-hybridized carbons (Fsp3) is 0.632. The molecule has 1 saturated carbocycles. The standard InChI is InChI=1S/C19H30N4.HI/c1-3-7-15-14-18(15)22-19(20-2)21-16-10-12-23(13-11-16)17-8-5-4-6-9-17;/h4-6,8-9,15-16,18H,3,7,10-14H2,1-2H3,(H2,20,21,22);1H. The van der Waals surface area contributed by atoms with Gasteiger partial charge in [0.2, 0.25) is 0 Å². The minimum Gasteiger partial charge on any atom is -0.371 e. The lowest BCUT2D eigenvalue weighted by Gasteiger charge is -2.34. The lowest BCUT2D eigenvalue weighted by molar-refractivity contribution is 0.460. The van der Waals surface area contributed by atoms with Gasteiger partial charge in [-0.3, -0.25) is 4.99 Å². The van der Waals surface area contributed by atoms with E-state index in [0.29, 0.717) is 12.1 Å². The maximum absolute atomic E-state index is 4.41. The molecule has 1 heterocycles. The normalized spacial score (nSPS) is 24.2. The molecule has 1 aromatic carbocycles. The first kappa shape index (κ1) is 19.3. The predicted molar refractivity (Wildman–Crippen MR) is 114 cm³/mol. The Morgan fingerprint density at radius 3 is 2.50 bits per heavy atom. The second-order valence-electron chi connectivity index (χ2n) is 6.85. The molecule has 2 fully saturated rings. The van der Waals surface area contributed by atoms with E-state index in [2.05, 4.69) is 57.8 Å². The molecule has 1 saturated heterocycles. The zero-order valence-electron chi connectivity index (χ0n) is 14.9. The van der Waals surface area contributed by atoms with Crippen molar-refractivity contribution in [3.63, 3.8) is 0 Å². The molecule has 2 N–H and O–H groups in total. The van der Waals surface area contributed by atoms with E-state index in [4.69, 9.17) is 0 Å². The summed E-state index contributed by atoms with van der Waals surface area (Å²) >= 11 is 0. The van der Waals surface area contributed by atoms with Gasteiger partial charge in [0.05, 0.1) is 0 Å². The van der Waals surface area contributed by atoms with Gasteiger partial charge in [-0.1, -0.05) is 31.5 Å². The van der Waals surface area contributed by atoms with Crippen LogP contribution in [0.3, 0.4) is 0 Å². The van der Waals surface area contributed by atoms with Crippen molar-refractivity contribution in [3.8, 4) is 0 Å². The molecule has 0 radical (unpaired) electrons. The molecule has 2 atom stereocenters. The Kier molecular flexibility index (Phi) is 7.65. The summed E-state index contributed by atoms with van der Waals surface area (Å²) in [5.74, 6) is 1.85. The van der Waals surface area contributed by atoms with Crippen molar-refractivity contribution < 1.29 is 0 Å². The van der Waals surface area contributed by atoms with Crippen molar-refractivity contribution in [2.24, 2.45) is 10.9 Å². The van der Waals surface area contributed by atoms with Crippen LogP contribution in [-0.2, 0) is 0 Å². The summed E-state index contributed by atoms with van der Waals surface area (Å²) in [5, 5.41) is 7.21. The molecule has 5 heteroatoms. The van der Waals surface area contributed by atoms with Gasteiger partial charge in [0.1, 0.15) is 0 Å². The number of halogens is 1. The smallest absolute Gasteiger partial charge is 0.191 e. The van der Waals surface area contributed by atoms with Gasteiger partial charge in [-0.15, -0.1) is 24.0 Å². The number of hydrogen-bond donors (Lipinski definition) is 2. The SMILES string of the molecule is CCCC1CC1NC(=NC)NC1CCN(c2ccccc2)CC1.I. The summed E-state index contributed by atoms with van der Waals surface area (Å²) < 4.78 is 0. The second-order valence-corrected chi connectivity index (χ2v) is 6.85. The van der Waals surface area contributed by atoms with E-state index in [1.807, 2.05) is 7.05 Å². The molecule has 2 unspecified atom stereocenters. The first-order valence-corrected chi connectivity index (χ1v) is 9.10. The van der Waals surface area contributed by atoms with Crippen LogP contribution in [0.15, 0.2) is 35.3 Å². The highest BCUT2D eigenvalue weighted by atomic mass is 127. The number of aliphatic imine (C=N–C) groups is 1. The molecule has 1 aromatic rings. The third kappa shape index (κ3) is 5.26. The summed E-state index contributed by atoms with van der Waals surface area (Å²) in [7, 11) is 1.88. The maximum atomic E-state index is 4.41. The Balaban J connectivity index is 0.00000208. The number of nitrogens with zero attached hydrogens (tertiary/aromatic N) is 2. The van der Waals surface area contributed by atoms with E-state index in [0.717, 1.165) is 25.0 Å². The van der Waals surface area contributed by atoms with Crippen LogP contribution in [-0.4, -0.2) is 38.2 Å². The molecular weight excluding hydrogens is 411 g/mol. The molecular formula is C19H31IN4. The van der Waals surface area contributed by atoms with Crippen LogP contribution in [0.5, 0.6) is 0 Å². The van der Waals surface area contributed by atoms with Crippen LogP contribution in [0.25, 0.3) is 0 Å². The topological polar surface area (TPSA) is 39.7 Å². The molecule has 3 rings (SSSR count). The summed E-state index contributed by atoms with van der Waals surface area (Å²) in [4.78, 5) is 6.89. The monoisotopic (exact) mass is 442 g/mol. The van der Waals surface area contributed by atoms with E-state index < -0.39 is 0 Å². The van der Waals surface area contributed by atoms with E-state index in [-0.39, 0.29) is 24.0 Å². The first-order valence-electron chi connectivity index (χ1n) is 9.10. The highest BCUT2D eigenvalue weighted by Gasteiger charge is 2.36. The zero-order valence-corrected chi connectivity index (χ0v) is 17.2. The molecule has 0 amide bonds. The third-order valence-electron chi connectivity index (χ3n) is 5.08. The summed E-state index contributed by atoms with van der Waals surface area (Å²) in [5.41, 5.74) is 1.34. The summed E-state index contributed by atoms with van der Waals surface area (Å²) in [6.07, 6.45) is 6.26. The Labute approximate surface area is 163 Å². The van der Waals surface area contributed by atoms with Crippen molar-refractivity contribution in [1.29, 1.82) is 0 Å². The zero-order chi connectivity index (χ0) is 16.1. The Hall–Kier alpha value is -0.980. The summed E-state index contributed by atoms with van der Waals surface area (Å²) in [6, 6.07) is 11.9. The Morgan fingerprint density at radius 2 is 1.88 bits per heavy atom. The van der Waals surface area contributed by atoms with Gasteiger partial charge in [0.15, 0.2) is 5.96 Å². The number of guanidine groups is 1. The Morgan fingerprint density at radius 1 is 1.17 bits per heavy atom. The average Bonchev–Trinajstić information content (AvgIpc) is 3.33. The van der Waals surface area contributed by atoms with Crippen LogP contribution in [0, 0.1) is 5.92 Å². The fourth-order valence-electron chi connectivity index (χ4n) is 3.57. The van der Waals surface area contributed by atoms with Crippen LogP contribution in [0.1, 0.15) is 39.0 Å². The summed E-state index contributed by atoms with van der Waals surface area (Å²) in [6.45, 7) is 4.49. The van der Waals surface area contributed by atoms with Crippen molar-refractivity contribution in [1.82, 2.24) is 10.6 Å². The number of benzene rings is 1. The van der Waals surface area contributed by atoms with Gasteiger partial charge in [-0.2, -0.15) is 0 Å². The Bertz CT molecular complexity index is 511. The molecule has 134 valence electrons. The maximum Gasteiger partial charge on any atom is 0.191 e.